The molecule has 0 spiro atoms. The van der Waals surface area contributed by atoms with Crippen molar-refractivity contribution >= 4 is 6.08 Å². The van der Waals surface area contributed by atoms with Gasteiger partial charge in [0.15, 0.2) is 0 Å². The third-order valence-corrected chi connectivity index (χ3v) is 2.50. The molecule has 0 amide bonds. The maximum atomic E-state index is 9.83. The van der Waals surface area contributed by atoms with E-state index in [1.165, 1.54) is 0 Å². The summed E-state index contributed by atoms with van der Waals surface area (Å²) in [5.41, 5.74) is 0. The number of aliphatic imine (C=N–C) groups is 1. The molecule has 1 heterocycles. The second-order valence-corrected chi connectivity index (χ2v) is 3.25. The fourth-order valence-electron chi connectivity index (χ4n) is 1.57. The minimum absolute atomic E-state index is 0.593. The van der Waals surface area contributed by atoms with Crippen LogP contribution in [0.4, 0.5) is 0 Å². The van der Waals surface area contributed by atoms with Crippen LogP contribution in [0.2, 0.25) is 0 Å². The maximum Gasteiger partial charge on any atom is 0.234 e. The number of hydrogen-bond donors (Lipinski definition) is 0. The van der Waals surface area contributed by atoms with Crippen molar-refractivity contribution in [2.75, 3.05) is 45.8 Å². The lowest BCUT2D eigenvalue weighted by Crippen LogP contribution is -2.46. The van der Waals surface area contributed by atoms with Gasteiger partial charge in [-0.2, -0.15) is 0 Å². The molecule has 0 aromatic carbocycles. The minimum Gasteiger partial charge on any atom is -0.301 e. The lowest BCUT2D eigenvalue weighted by Gasteiger charge is -2.33. The van der Waals surface area contributed by atoms with E-state index in [1.807, 2.05) is 0 Å². The molecule has 0 aromatic heterocycles. The summed E-state index contributed by atoms with van der Waals surface area (Å²) in [5.74, 6) is 0. The van der Waals surface area contributed by atoms with Gasteiger partial charge in [0.05, 0.1) is 6.54 Å². The number of piperazine rings is 1. The van der Waals surface area contributed by atoms with Crippen molar-refractivity contribution in [2.45, 2.75) is 6.92 Å². The van der Waals surface area contributed by atoms with Crippen LogP contribution in [0.3, 0.4) is 0 Å². The highest BCUT2D eigenvalue weighted by atomic mass is 16.1. The standard InChI is InChI=1S/C9H17N3O/c1-2-11-5-7-12(8-6-11)4-3-10-9-13/h2-8H2,1H3. The average Bonchev–Trinajstić information content (AvgIpc) is 2.19. The second kappa shape index (κ2) is 5.86. The Morgan fingerprint density at radius 2 is 1.85 bits per heavy atom. The minimum atomic E-state index is 0.593. The van der Waals surface area contributed by atoms with Crippen LogP contribution in [-0.4, -0.2) is 61.7 Å². The number of hydrogen-bond acceptors (Lipinski definition) is 4. The summed E-state index contributed by atoms with van der Waals surface area (Å²) in [5, 5.41) is 0. The molecule has 4 heteroatoms. The predicted molar refractivity (Wildman–Crippen MR) is 51.5 cm³/mol. The molecule has 1 rings (SSSR count). The molecule has 1 aliphatic heterocycles. The highest BCUT2D eigenvalue weighted by Gasteiger charge is 2.14. The third kappa shape index (κ3) is 3.68. The van der Waals surface area contributed by atoms with Crippen LogP contribution >= 0.6 is 0 Å². The Hall–Kier alpha value is -0.700. The Morgan fingerprint density at radius 1 is 1.23 bits per heavy atom. The van der Waals surface area contributed by atoms with E-state index in [2.05, 4.69) is 21.7 Å². The van der Waals surface area contributed by atoms with Gasteiger partial charge in [0.1, 0.15) is 0 Å². The summed E-state index contributed by atoms with van der Waals surface area (Å²) < 4.78 is 0. The topological polar surface area (TPSA) is 35.9 Å². The molecule has 4 nitrogen and oxygen atoms in total. The van der Waals surface area contributed by atoms with Crippen LogP contribution in [-0.2, 0) is 4.79 Å². The lowest BCUT2D eigenvalue weighted by atomic mass is 10.3. The van der Waals surface area contributed by atoms with Crippen molar-refractivity contribution in [3.05, 3.63) is 0 Å². The summed E-state index contributed by atoms with van der Waals surface area (Å²) in [4.78, 5) is 18.1. The SMILES string of the molecule is CCN1CCN(CCN=C=O)CC1. The van der Waals surface area contributed by atoms with Crippen molar-refractivity contribution in [1.82, 2.24) is 9.80 Å². The van der Waals surface area contributed by atoms with Crippen LogP contribution in [0.1, 0.15) is 6.92 Å². The highest BCUT2D eigenvalue weighted by Crippen LogP contribution is 1.99. The van der Waals surface area contributed by atoms with Gasteiger partial charge in [-0.05, 0) is 6.54 Å². The zero-order valence-corrected chi connectivity index (χ0v) is 8.20. The van der Waals surface area contributed by atoms with E-state index >= 15 is 0 Å². The normalized spacial score (nSPS) is 19.8. The van der Waals surface area contributed by atoms with E-state index in [9.17, 15) is 4.79 Å². The Labute approximate surface area is 79.2 Å². The molecular formula is C9H17N3O. The summed E-state index contributed by atoms with van der Waals surface area (Å²) in [6.07, 6.45) is 1.57. The monoisotopic (exact) mass is 183 g/mol. The molecular weight excluding hydrogens is 166 g/mol. The van der Waals surface area contributed by atoms with E-state index in [0.717, 1.165) is 39.3 Å². The van der Waals surface area contributed by atoms with Crippen LogP contribution in [0, 0.1) is 0 Å². The third-order valence-electron chi connectivity index (χ3n) is 2.50. The lowest BCUT2D eigenvalue weighted by molar-refractivity contribution is 0.140. The Bertz CT molecular complexity index is 181. The van der Waals surface area contributed by atoms with Crippen LogP contribution < -0.4 is 0 Å². The van der Waals surface area contributed by atoms with Crippen LogP contribution in [0.15, 0.2) is 4.99 Å². The Morgan fingerprint density at radius 3 is 2.38 bits per heavy atom. The van der Waals surface area contributed by atoms with Crippen LogP contribution in [0.25, 0.3) is 0 Å². The maximum absolute atomic E-state index is 9.83. The van der Waals surface area contributed by atoms with Crippen molar-refractivity contribution in [3.63, 3.8) is 0 Å². The number of rotatable bonds is 4. The first-order valence-corrected chi connectivity index (χ1v) is 4.85. The van der Waals surface area contributed by atoms with E-state index in [4.69, 9.17) is 0 Å². The van der Waals surface area contributed by atoms with E-state index in [-0.39, 0.29) is 0 Å². The predicted octanol–water partition coefficient (Wildman–Crippen LogP) is -0.0403. The molecule has 0 saturated carbocycles. The van der Waals surface area contributed by atoms with Crippen molar-refractivity contribution in [3.8, 4) is 0 Å². The fourth-order valence-corrected chi connectivity index (χ4v) is 1.57. The molecule has 0 N–H and O–H groups in total. The van der Waals surface area contributed by atoms with Gasteiger partial charge in [-0.1, -0.05) is 6.92 Å². The zero-order chi connectivity index (χ0) is 9.52. The molecule has 0 aromatic rings. The Balaban J connectivity index is 2.13. The van der Waals surface area contributed by atoms with Gasteiger partial charge < -0.3 is 4.90 Å². The highest BCUT2D eigenvalue weighted by molar-refractivity contribution is 5.32. The molecule has 0 atom stereocenters. The number of nitrogens with zero attached hydrogens (tertiary/aromatic N) is 3. The fraction of sp³-hybridized carbons (Fsp3) is 0.889. The van der Waals surface area contributed by atoms with Gasteiger partial charge in [0, 0.05) is 32.7 Å². The van der Waals surface area contributed by atoms with Gasteiger partial charge in [0.25, 0.3) is 0 Å². The first-order chi connectivity index (χ1) is 6.36. The molecule has 0 radical (unpaired) electrons. The van der Waals surface area contributed by atoms with Gasteiger partial charge in [-0.3, -0.25) is 4.90 Å². The molecule has 0 aliphatic carbocycles. The largest absolute Gasteiger partial charge is 0.301 e. The average molecular weight is 183 g/mol. The molecule has 0 unspecified atom stereocenters. The first kappa shape index (κ1) is 10.4. The smallest absolute Gasteiger partial charge is 0.234 e. The molecule has 0 bridgehead atoms. The molecule has 1 aliphatic rings. The van der Waals surface area contributed by atoms with Gasteiger partial charge >= 0.3 is 0 Å². The van der Waals surface area contributed by atoms with E-state index in [0.29, 0.717) is 6.54 Å². The van der Waals surface area contributed by atoms with Crippen LogP contribution in [0.5, 0.6) is 0 Å². The molecule has 13 heavy (non-hydrogen) atoms. The van der Waals surface area contributed by atoms with Crippen molar-refractivity contribution in [1.29, 1.82) is 0 Å². The van der Waals surface area contributed by atoms with Gasteiger partial charge in [-0.25, -0.2) is 9.79 Å². The van der Waals surface area contributed by atoms with Gasteiger partial charge in [0.2, 0.25) is 6.08 Å². The summed E-state index contributed by atoms with van der Waals surface area (Å²) in [7, 11) is 0. The zero-order valence-electron chi connectivity index (χ0n) is 8.20. The first-order valence-electron chi connectivity index (χ1n) is 4.85. The Kier molecular flexibility index (Phi) is 4.68. The number of isocyanates is 1. The summed E-state index contributed by atoms with van der Waals surface area (Å²) >= 11 is 0. The van der Waals surface area contributed by atoms with E-state index in [1.54, 1.807) is 6.08 Å². The summed E-state index contributed by atoms with van der Waals surface area (Å²) in [6.45, 7) is 9.29. The quantitative estimate of drug-likeness (QED) is 0.453. The van der Waals surface area contributed by atoms with Crippen molar-refractivity contribution < 1.29 is 4.79 Å². The number of likely N-dealkylation sites (N-methyl/N-ethyl adjacent to an activating group) is 1. The number of carbonyl (C=O) groups excluding carboxylic acids is 1. The molecule has 1 saturated heterocycles. The summed E-state index contributed by atoms with van der Waals surface area (Å²) in [6, 6.07) is 0. The molecule has 1 fully saturated rings. The van der Waals surface area contributed by atoms with E-state index < -0.39 is 0 Å². The second-order valence-electron chi connectivity index (χ2n) is 3.25. The van der Waals surface area contributed by atoms with Crippen molar-refractivity contribution in [2.24, 2.45) is 4.99 Å². The molecule has 74 valence electrons. The van der Waals surface area contributed by atoms with Gasteiger partial charge in [-0.15, -0.1) is 0 Å².